The minimum atomic E-state index is -0.652. The molecule has 1 heterocycles. The number of nitrogens with zero attached hydrogens (tertiary/aromatic N) is 1. The van der Waals surface area contributed by atoms with Crippen LogP contribution < -0.4 is 10.5 Å². The summed E-state index contributed by atoms with van der Waals surface area (Å²) < 4.78 is 32.4. The van der Waals surface area contributed by atoms with Crippen LogP contribution >= 0.6 is 0 Å². The van der Waals surface area contributed by atoms with E-state index in [1.807, 2.05) is 24.3 Å². The Labute approximate surface area is 120 Å². The standard InChI is InChI=1S/C16H12F2N2O/c17-11-5-6-14(18)15(8-11)21-16-13-4-2-1-3-10(13)7-12(9-19)20-16/h1-8H,9,19H2. The van der Waals surface area contributed by atoms with E-state index in [9.17, 15) is 8.78 Å². The van der Waals surface area contributed by atoms with Crippen LogP contribution in [-0.2, 0) is 6.54 Å². The Hall–Kier alpha value is -2.53. The molecule has 0 fully saturated rings. The minimum Gasteiger partial charge on any atom is -0.435 e. The molecular weight excluding hydrogens is 274 g/mol. The molecule has 0 unspecified atom stereocenters. The third kappa shape index (κ3) is 2.68. The maximum atomic E-state index is 13.7. The van der Waals surface area contributed by atoms with E-state index in [2.05, 4.69) is 4.98 Å². The molecule has 3 nitrogen and oxygen atoms in total. The van der Waals surface area contributed by atoms with Crippen molar-refractivity contribution in [3.05, 3.63) is 65.9 Å². The molecule has 3 rings (SSSR count). The van der Waals surface area contributed by atoms with Crippen molar-refractivity contribution in [2.24, 2.45) is 5.73 Å². The zero-order valence-electron chi connectivity index (χ0n) is 11.0. The quantitative estimate of drug-likeness (QED) is 0.797. The summed E-state index contributed by atoms with van der Waals surface area (Å²) in [5.41, 5.74) is 6.22. The van der Waals surface area contributed by atoms with Gasteiger partial charge < -0.3 is 10.5 Å². The lowest BCUT2D eigenvalue weighted by Gasteiger charge is -2.10. The van der Waals surface area contributed by atoms with Crippen LogP contribution in [-0.4, -0.2) is 4.98 Å². The molecular formula is C16H12F2N2O. The van der Waals surface area contributed by atoms with Crippen molar-refractivity contribution in [2.75, 3.05) is 0 Å². The maximum Gasteiger partial charge on any atom is 0.227 e. The molecule has 2 N–H and O–H groups in total. The Balaban J connectivity index is 2.13. The fourth-order valence-corrected chi connectivity index (χ4v) is 2.06. The first-order valence-corrected chi connectivity index (χ1v) is 6.39. The molecule has 3 aromatic rings. The van der Waals surface area contributed by atoms with Crippen LogP contribution in [0.25, 0.3) is 10.8 Å². The first kappa shape index (κ1) is 13.5. The largest absolute Gasteiger partial charge is 0.435 e. The van der Waals surface area contributed by atoms with E-state index in [1.165, 1.54) is 0 Å². The topological polar surface area (TPSA) is 48.1 Å². The number of nitrogens with two attached hydrogens (primary N) is 1. The fraction of sp³-hybridized carbons (Fsp3) is 0.0625. The molecule has 0 amide bonds. The molecule has 0 atom stereocenters. The van der Waals surface area contributed by atoms with Gasteiger partial charge in [0, 0.05) is 18.0 Å². The van der Waals surface area contributed by atoms with Crippen LogP contribution in [0.4, 0.5) is 8.78 Å². The molecule has 0 aliphatic heterocycles. The SMILES string of the molecule is NCc1cc2ccccc2c(Oc2cc(F)ccc2F)n1. The van der Waals surface area contributed by atoms with Crippen LogP contribution in [0.3, 0.4) is 0 Å². The lowest BCUT2D eigenvalue weighted by atomic mass is 10.1. The monoisotopic (exact) mass is 286 g/mol. The van der Waals surface area contributed by atoms with Crippen molar-refractivity contribution >= 4 is 10.8 Å². The summed E-state index contributed by atoms with van der Waals surface area (Å²) in [5.74, 6) is -1.23. The smallest absolute Gasteiger partial charge is 0.227 e. The van der Waals surface area contributed by atoms with Crippen LogP contribution in [0.15, 0.2) is 48.5 Å². The number of pyridine rings is 1. The number of ether oxygens (including phenoxy) is 1. The Bertz CT molecular complexity index is 805. The van der Waals surface area contributed by atoms with Crippen LogP contribution in [0.2, 0.25) is 0 Å². The molecule has 0 saturated heterocycles. The number of fused-ring (bicyclic) bond motifs is 1. The zero-order valence-corrected chi connectivity index (χ0v) is 11.0. The van der Waals surface area contributed by atoms with E-state index >= 15 is 0 Å². The third-order valence-corrected chi connectivity index (χ3v) is 3.07. The molecule has 1 aromatic heterocycles. The van der Waals surface area contributed by atoms with Gasteiger partial charge in [-0.2, -0.15) is 0 Å². The zero-order chi connectivity index (χ0) is 14.8. The first-order chi connectivity index (χ1) is 10.2. The second-order valence-corrected chi connectivity index (χ2v) is 4.52. The molecule has 2 aromatic carbocycles. The van der Waals surface area contributed by atoms with E-state index in [0.29, 0.717) is 11.1 Å². The summed E-state index contributed by atoms with van der Waals surface area (Å²) in [4.78, 5) is 4.25. The van der Waals surface area contributed by atoms with Gasteiger partial charge >= 0.3 is 0 Å². The number of hydrogen-bond donors (Lipinski definition) is 1. The highest BCUT2D eigenvalue weighted by molar-refractivity contribution is 5.87. The Morgan fingerprint density at radius 1 is 1.05 bits per heavy atom. The Morgan fingerprint density at radius 3 is 2.67 bits per heavy atom. The van der Waals surface area contributed by atoms with E-state index in [0.717, 1.165) is 23.6 Å². The van der Waals surface area contributed by atoms with E-state index in [1.54, 1.807) is 6.07 Å². The number of hydrogen-bond acceptors (Lipinski definition) is 3. The lowest BCUT2D eigenvalue weighted by Crippen LogP contribution is -2.02. The number of benzene rings is 2. The van der Waals surface area contributed by atoms with Gasteiger partial charge in [0.25, 0.3) is 0 Å². The molecule has 106 valence electrons. The molecule has 21 heavy (non-hydrogen) atoms. The van der Waals surface area contributed by atoms with E-state index in [4.69, 9.17) is 10.5 Å². The molecule has 0 spiro atoms. The van der Waals surface area contributed by atoms with Crippen molar-refractivity contribution < 1.29 is 13.5 Å². The summed E-state index contributed by atoms with van der Waals surface area (Å²) in [5, 5.41) is 1.58. The van der Waals surface area contributed by atoms with Gasteiger partial charge in [-0.05, 0) is 29.7 Å². The summed E-state index contributed by atoms with van der Waals surface area (Å²) in [6.07, 6.45) is 0. The van der Waals surface area contributed by atoms with Gasteiger partial charge in [-0.3, -0.25) is 0 Å². The van der Waals surface area contributed by atoms with Gasteiger partial charge in [0.2, 0.25) is 5.88 Å². The minimum absolute atomic E-state index is 0.207. The number of rotatable bonds is 3. The van der Waals surface area contributed by atoms with E-state index < -0.39 is 11.6 Å². The molecule has 0 bridgehead atoms. The van der Waals surface area contributed by atoms with Crippen molar-refractivity contribution in [2.45, 2.75) is 6.54 Å². The summed E-state index contributed by atoms with van der Waals surface area (Å²) in [7, 11) is 0. The highest BCUT2D eigenvalue weighted by Crippen LogP contribution is 2.30. The highest BCUT2D eigenvalue weighted by atomic mass is 19.1. The summed E-state index contributed by atoms with van der Waals surface area (Å²) in [6, 6.07) is 12.2. The van der Waals surface area contributed by atoms with Crippen LogP contribution in [0, 0.1) is 11.6 Å². The lowest BCUT2D eigenvalue weighted by molar-refractivity contribution is 0.426. The summed E-state index contributed by atoms with van der Waals surface area (Å²) >= 11 is 0. The maximum absolute atomic E-state index is 13.7. The number of aromatic nitrogens is 1. The van der Waals surface area contributed by atoms with Gasteiger partial charge in [0.1, 0.15) is 5.82 Å². The molecule has 0 aliphatic carbocycles. The van der Waals surface area contributed by atoms with Gasteiger partial charge in [-0.15, -0.1) is 0 Å². The van der Waals surface area contributed by atoms with Crippen LogP contribution in [0.5, 0.6) is 11.6 Å². The van der Waals surface area contributed by atoms with Gasteiger partial charge in [0.05, 0.1) is 5.69 Å². The van der Waals surface area contributed by atoms with E-state index in [-0.39, 0.29) is 18.2 Å². The van der Waals surface area contributed by atoms with Gasteiger partial charge in [-0.1, -0.05) is 18.2 Å². The van der Waals surface area contributed by atoms with Gasteiger partial charge in [-0.25, -0.2) is 13.8 Å². The first-order valence-electron chi connectivity index (χ1n) is 6.39. The Morgan fingerprint density at radius 2 is 1.86 bits per heavy atom. The van der Waals surface area contributed by atoms with Gasteiger partial charge in [0.15, 0.2) is 11.6 Å². The highest BCUT2D eigenvalue weighted by Gasteiger charge is 2.11. The van der Waals surface area contributed by atoms with Crippen molar-refractivity contribution in [1.82, 2.24) is 4.98 Å². The molecule has 0 radical (unpaired) electrons. The third-order valence-electron chi connectivity index (χ3n) is 3.07. The molecule has 5 heteroatoms. The van der Waals surface area contributed by atoms with Crippen molar-refractivity contribution in [3.8, 4) is 11.6 Å². The molecule has 0 aliphatic rings. The predicted molar refractivity (Wildman–Crippen MR) is 76.1 cm³/mol. The van der Waals surface area contributed by atoms with Crippen LogP contribution in [0.1, 0.15) is 5.69 Å². The average molecular weight is 286 g/mol. The normalized spacial score (nSPS) is 10.8. The number of halogens is 2. The van der Waals surface area contributed by atoms with Crippen molar-refractivity contribution in [1.29, 1.82) is 0 Å². The van der Waals surface area contributed by atoms with Crippen molar-refractivity contribution in [3.63, 3.8) is 0 Å². The second kappa shape index (κ2) is 5.46. The fourth-order valence-electron chi connectivity index (χ4n) is 2.06. The predicted octanol–water partition coefficient (Wildman–Crippen LogP) is 3.76. The summed E-state index contributed by atoms with van der Waals surface area (Å²) in [6.45, 7) is 0.229. The molecule has 0 saturated carbocycles. The average Bonchev–Trinajstić information content (AvgIpc) is 2.50. The Kier molecular flexibility index (Phi) is 3.50. The second-order valence-electron chi connectivity index (χ2n) is 4.52.